The van der Waals surface area contributed by atoms with Crippen molar-refractivity contribution < 1.29 is 9.59 Å². The maximum absolute atomic E-state index is 12.8. The number of anilines is 1. The molecule has 0 atom stereocenters. The highest BCUT2D eigenvalue weighted by Crippen LogP contribution is 2.18. The lowest BCUT2D eigenvalue weighted by molar-refractivity contribution is 0.100. The van der Waals surface area contributed by atoms with E-state index >= 15 is 0 Å². The summed E-state index contributed by atoms with van der Waals surface area (Å²) in [5.74, 6) is -0.267. The number of carbonyl (C=O) groups is 2. The first-order chi connectivity index (χ1) is 11.5. The molecule has 1 aromatic carbocycles. The molecule has 24 heavy (non-hydrogen) atoms. The van der Waals surface area contributed by atoms with Crippen molar-refractivity contribution >= 4 is 23.0 Å². The van der Waals surface area contributed by atoms with E-state index in [1.165, 1.54) is 6.92 Å². The number of Topliss-reactive ketones (excluding diaryl/α,β-unsaturated/α-hetero) is 1. The van der Waals surface area contributed by atoms with Crippen LogP contribution >= 0.6 is 0 Å². The Labute approximate surface area is 140 Å². The van der Waals surface area contributed by atoms with Crippen LogP contribution in [0.15, 0.2) is 42.6 Å². The molecule has 0 fully saturated rings. The van der Waals surface area contributed by atoms with E-state index < -0.39 is 0 Å². The Hall–Kier alpha value is -2.95. The SMILES string of the molecule is CCc1nc2ccc(C)cn2c1C(=O)Nc1cccc(C(C)=O)c1. The summed E-state index contributed by atoms with van der Waals surface area (Å²) in [6, 6.07) is 10.8. The highest BCUT2D eigenvalue weighted by molar-refractivity contribution is 6.05. The number of pyridine rings is 1. The summed E-state index contributed by atoms with van der Waals surface area (Å²) in [4.78, 5) is 28.8. The van der Waals surface area contributed by atoms with Gasteiger partial charge in [0.05, 0.1) is 5.69 Å². The van der Waals surface area contributed by atoms with Gasteiger partial charge in [-0.2, -0.15) is 0 Å². The van der Waals surface area contributed by atoms with Gasteiger partial charge in [-0.05, 0) is 44.0 Å². The zero-order chi connectivity index (χ0) is 17.3. The Morgan fingerprint density at radius 2 is 2.00 bits per heavy atom. The van der Waals surface area contributed by atoms with Gasteiger partial charge in [0.1, 0.15) is 11.3 Å². The third-order valence-corrected chi connectivity index (χ3v) is 3.92. The fourth-order valence-corrected chi connectivity index (χ4v) is 2.69. The number of hydrogen-bond acceptors (Lipinski definition) is 3. The Morgan fingerprint density at radius 3 is 2.71 bits per heavy atom. The summed E-state index contributed by atoms with van der Waals surface area (Å²) in [5.41, 5.74) is 4.25. The molecule has 122 valence electrons. The largest absolute Gasteiger partial charge is 0.321 e. The predicted octanol–water partition coefficient (Wildman–Crippen LogP) is 3.66. The monoisotopic (exact) mass is 321 g/mol. The molecular weight excluding hydrogens is 302 g/mol. The molecule has 0 saturated carbocycles. The van der Waals surface area contributed by atoms with Crippen LogP contribution in [0.1, 0.15) is 46.0 Å². The Morgan fingerprint density at radius 1 is 1.21 bits per heavy atom. The van der Waals surface area contributed by atoms with Crippen LogP contribution in [0.2, 0.25) is 0 Å². The van der Waals surface area contributed by atoms with Crippen LogP contribution < -0.4 is 5.32 Å². The summed E-state index contributed by atoms with van der Waals surface area (Å²) in [6.07, 6.45) is 2.57. The van der Waals surface area contributed by atoms with Gasteiger partial charge in [-0.15, -0.1) is 0 Å². The minimum absolute atomic E-state index is 0.0363. The second kappa shape index (κ2) is 6.28. The number of rotatable bonds is 4. The first-order valence-electron chi connectivity index (χ1n) is 7.89. The van der Waals surface area contributed by atoms with Crippen molar-refractivity contribution in [3.8, 4) is 0 Å². The fraction of sp³-hybridized carbons (Fsp3) is 0.211. The third kappa shape index (κ3) is 2.93. The van der Waals surface area contributed by atoms with E-state index in [1.807, 2.05) is 36.6 Å². The minimum atomic E-state index is -0.231. The van der Waals surface area contributed by atoms with Crippen molar-refractivity contribution in [2.75, 3.05) is 5.32 Å². The summed E-state index contributed by atoms with van der Waals surface area (Å²) in [5, 5.41) is 2.87. The molecule has 0 saturated heterocycles. The summed E-state index contributed by atoms with van der Waals surface area (Å²) in [6.45, 7) is 5.45. The van der Waals surface area contributed by atoms with Gasteiger partial charge in [0.25, 0.3) is 5.91 Å². The van der Waals surface area contributed by atoms with Crippen molar-refractivity contribution in [1.82, 2.24) is 9.38 Å². The van der Waals surface area contributed by atoms with Crippen molar-refractivity contribution in [3.63, 3.8) is 0 Å². The molecular formula is C19H19N3O2. The molecule has 0 spiro atoms. The second-order valence-electron chi connectivity index (χ2n) is 5.79. The molecule has 5 nitrogen and oxygen atoms in total. The Balaban J connectivity index is 2.01. The van der Waals surface area contributed by atoms with Crippen LogP contribution in [0.25, 0.3) is 5.65 Å². The van der Waals surface area contributed by atoms with Crippen molar-refractivity contribution in [2.45, 2.75) is 27.2 Å². The first kappa shape index (κ1) is 15.9. The van der Waals surface area contributed by atoms with Crippen LogP contribution in [0.5, 0.6) is 0 Å². The normalized spacial score (nSPS) is 10.8. The van der Waals surface area contributed by atoms with Gasteiger partial charge in [-0.1, -0.05) is 25.1 Å². The van der Waals surface area contributed by atoms with Gasteiger partial charge < -0.3 is 5.32 Å². The molecule has 2 aromatic heterocycles. The third-order valence-electron chi connectivity index (χ3n) is 3.92. The molecule has 3 rings (SSSR count). The molecule has 0 aliphatic carbocycles. The lowest BCUT2D eigenvalue weighted by Crippen LogP contribution is -2.16. The number of nitrogens with zero attached hydrogens (tertiary/aromatic N) is 2. The Kier molecular flexibility index (Phi) is 4.16. The zero-order valence-electron chi connectivity index (χ0n) is 14.0. The van der Waals surface area contributed by atoms with Crippen LogP contribution in [0.3, 0.4) is 0 Å². The van der Waals surface area contributed by atoms with E-state index in [9.17, 15) is 9.59 Å². The summed E-state index contributed by atoms with van der Waals surface area (Å²) < 4.78 is 1.82. The highest BCUT2D eigenvalue weighted by atomic mass is 16.2. The molecule has 2 heterocycles. The number of aromatic nitrogens is 2. The van der Waals surface area contributed by atoms with Crippen LogP contribution in [-0.4, -0.2) is 21.1 Å². The number of aryl methyl sites for hydroxylation is 2. The van der Waals surface area contributed by atoms with Crippen molar-refractivity contribution in [3.05, 3.63) is 65.1 Å². The number of imidazole rings is 1. The van der Waals surface area contributed by atoms with Crippen LogP contribution in [-0.2, 0) is 6.42 Å². The minimum Gasteiger partial charge on any atom is -0.321 e. The summed E-state index contributed by atoms with van der Waals surface area (Å²) in [7, 11) is 0. The maximum Gasteiger partial charge on any atom is 0.274 e. The van der Waals surface area contributed by atoms with Gasteiger partial charge in [-0.3, -0.25) is 14.0 Å². The summed E-state index contributed by atoms with van der Waals surface area (Å²) >= 11 is 0. The average Bonchev–Trinajstić information content (AvgIpc) is 2.92. The average molecular weight is 321 g/mol. The number of benzene rings is 1. The Bertz CT molecular complexity index is 941. The molecule has 1 amide bonds. The van der Waals surface area contributed by atoms with Crippen LogP contribution in [0.4, 0.5) is 5.69 Å². The van der Waals surface area contributed by atoms with Crippen LogP contribution in [0, 0.1) is 6.92 Å². The van der Waals surface area contributed by atoms with Gasteiger partial charge in [0.15, 0.2) is 5.78 Å². The number of ketones is 1. The maximum atomic E-state index is 12.8. The van der Waals surface area contributed by atoms with E-state index in [0.717, 1.165) is 16.9 Å². The van der Waals surface area contributed by atoms with E-state index in [1.54, 1.807) is 24.3 Å². The van der Waals surface area contributed by atoms with E-state index in [2.05, 4.69) is 10.3 Å². The fourth-order valence-electron chi connectivity index (χ4n) is 2.69. The number of carbonyl (C=O) groups excluding carboxylic acids is 2. The quantitative estimate of drug-likeness (QED) is 0.746. The number of amides is 1. The molecule has 0 radical (unpaired) electrons. The number of fused-ring (bicyclic) bond motifs is 1. The van der Waals surface area contributed by atoms with E-state index in [-0.39, 0.29) is 11.7 Å². The number of nitrogens with one attached hydrogen (secondary N) is 1. The van der Waals surface area contributed by atoms with Gasteiger partial charge in [0, 0.05) is 17.4 Å². The standard InChI is InChI=1S/C19H19N3O2/c1-4-16-18(22-11-12(2)8-9-17(22)21-16)19(24)20-15-7-5-6-14(10-15)13(3)23/h5-11H,4H2,1-3H3,(H,20,24). The molecule has 3 aromatic rings. The molecule has 0 bridgehead atoms. The molecule has 0 aliphatic rings. The molecule has 0 aliphatic heterocycles. The van der Waals surface area contributed by atoms with Crippen molar-refractivity contribution in [2.24, 2.45) is 0 Å². The molecule has 1 N–H and O–H groups in total. The highest BCUT2D eigenvalue weighted by Gasteiger charge is 2.18. The smallest absolute Gasteiger partial charge is 0.274 e. The molecule has 0 unspecified atom stereocenters. The zero-order valence-corrected chi connectivity index (χ0v) is 14.0. The molecule has 5 heteroatoms. The van der Waals surface area contributed by atoms with E-state index in [0.29, 0.717) is 23.4 Å². The lowest BCUT2D eigenvalue weighted by atomic mass is 10.1. The van der Waals surface area contributed by atoms with Crippen molar-refractivity contribution in [1.29, 1.82) is 0 Å². The second-order valence-corrected chi connectivity index (χ2v) is 5.79. The van der Waals surface area contributed by atoms with E-state index in [4.69, 9.17) is 0 Å². The van der Waals surface area contributed by atoms with Gasteiger partial charge in [0.2, 0.25) is 0 Å². The first-order valence-corrected chi connectivity index (χ1v) is 7.89. The topological polar surface area (TPSA) is 63.5 Å². The predicted molar refractivity (Wildman–Crippen MR) is 93.7 cm³/mol. The van der Waals surface area contributed by atoms with Gasteiger partial charge >= 0.3 is 0 Å². The number of hydrogen-bond donors (Lipinski definition) is 1. The van der Waals surface area contributed by atoms with Gasteiger partial charge in [-0.25, -0.2) is 4.98 Å². The lowest BCUT2D eigenvalue weighted by Gasteiger charge is -2.08.